The highest BCUT2D eigenvalue weighted by Gasteiger charge is 2.52. The quantitative estimate of drug-likeness (QED) is 0.539. The number of fused-ring (bicyclic) bond motifs is 4. The highest BCUT2D eigenvalue weighted by molar-refractivity contribution is 6.42. The number of aromatic amines is 1. The van der Waals surface area contributed by atoms with Crippen molar-refractivity contribution in [1.82, 2.24) is 14.8 Å². The van der Waals surface area contributed by atoms with Gasteiger partial charge >= 0.3 is 6.03 Å². The van der Waals surface area contributed by atoms with Gasteiger partial charge < -0.3 is 4.98 Å². The molecule has 3 amide bonds. The first-order chi connectivity index (χ1) is 14.5. The number of unbranched alkanes of at least 4 members (excludes halogenated alkanes) is 1. The number of hydrogen-bond acceptors (Lipinski definition) is 2. The van der Waals surface area contributed by atoms with Crippen molar-refractivity contribution in [2.24, 2.45) is 0 Å². The Hall–Kier alpha value is -2.50. The maximum absolute atomic E-state index is 13.4. The van der Waals surface area contributed by atoms with Gasteiger partial charge in [0.1, 0.15) is 12.1 Å². The summed E-state index contributed by atoms with van der Waals surface area (Å²) < 4.78 is 0. The average Bonchev–Trinajstić information content (AvgIpc) is 3.23. The fraction of sp³-hybridized carbons (Fsp3) is 0.304. The number of carbonyl (C=O) groups is 2. The van der Waals surface area contributed by atoms with Crippen LogP contribution in [0.1, 0.15) is 42.6 Å². The van der Waals surface area contributed by atoms with Crippen molar-refractivity contribution in [1.29, 1.82) is 0 Å². The molecule has 1 saturated heterocycles. The number of halogens is 2. The lowest BCUT2D eigenvalue weighted by atomic mass is 9.89. The molecule has 0 bridgehead atoms. The molecule has 7 heteroatoms. The molecule has 2 aliphatic rings. The van der Waals surface area contributed by atoms with E-state index in [0.29, 0.717) is 23.0 Å². The molecule has 1 aromatic heterocycles. The zero-order valence-corrected chi connectivity index (χ0v) is 18.0. The third-order valence-electron chi connectivity index (χ3n) is 6.13. The number of nitrogens with zero attached hydrogens (tertiary/aromatic N) is 2. The van der Waals surface area contributed by atoms with Gasteiger partial charge in [-0.05, 0) is 35.7 Å². The number of urea groups is 1. The molecule has 3 heterocycles. The zero-order valence-electron chi connectivity index (χ0n) is 16.5. The molecule has 5 rings (SSSR count). The van der Waals surface area contributed by atoms with Gasteiger partial charge in [0.25, 0.3) is 5.91 Å². The Morgan fingerprint density at radius 1 is 1.10 bits per heavy atom. The lowest BCUT2D eigenvalue weighted by molar-refractivity contribution is -0.128. The summed E-state index contributed by atoms with van der Waals surface area (Å²) in [5.74, 6) is -0.116. The van der Waals surface area contributed by atoms with Crippen LogP contribution in [-0.2, 0) is 11.2 Å². The third kappa shape index (κ3) is 2.83. The number of hydrogen-bond donors (Lipinski definition) is 1. The van der Waals surface area contributed by atoms with Gasteiger partial charge in [-0.3, -0.25) is 14.6 Å². The molecule has 2 atom stereocenters. The van der Waals surface area contributed by atoms with Gasteiger partial charge in [0.2, 0.25) is 0 Å². The number of imide groups is 1. The van der Waals surface area contributed by atoms with Crippen molar-refractivity contribution >= 4 is 46.0 Å². The van der Waals surface area contributed by atoms with Crippen molar-refractivity contribution in [2.45, 2.75) is 38.3 Å². The summed E-state index contributed by atoms with van der Waals surface area (Å²) in [5, 5.41) is 1.97. The first-order valence-electron chi connectivity index (χ1n) is 10.2. The molecule has 0 spiro atoms. The predicted octanol–water partition coefficient (Wildman–Crippen LogP) is 5.55. The van der Waals surface area contributed by atoms with Crippen LogP contribution in [-0.4, -0.2) is 39.3 Å². The second-order valence-corrected chi connectivity index (χ2v) is 8.71. The molecule has 2 aromatic carbocycles. The van der Waals surface area contributed by atoms with Gasteiger partial charge in [0.15, 0.2) is 0 Å². The summed E-state index contributed by atoms with van der Waals surface area (Å²) >= 11 is 12.5. The van der Waals surface area contributed by atoms with Crippen LogP contribution in [0.2, 0.25) is 10.0 Å². The zero-order chi connectivity index (χ0) is 21.0. The monoisotopic (exact) mass is 441 g/mol. The van der Waals surface area contributed by atoms with Crippen molar-refractivity contribution in [3.8, 4) is 0 Å². The van der Waals surface area contributed by atoms with Gasteiger partial charge in [-0.2, -0.15) is 0 Å². The van der Waals surface area contributed by atoms with Gasteiger partial charge in [-0.1, -0.05) is 60.8 Å². The smallest absolute Gasteiger partial charge is 0.328 e. The summed E-state index contributed by atoms with van der Waals surface area (Å²) in [5.41, 5.74) is 3.85. The molecule has 1 fully saturated rings. The topological polar surface area (TPSA) is 56.4 Å². The van der Waals surface area contributed by atoms with Crippen LogP contribution < -0.4 is 0 Å². The van der Waals surface area contributed by atoms with Gasteiger partial charge in [-0.15, -0.1) is 0 Å². The van der Waals surface area contributed by atoms with Crippen molar-refractivity contribution in [2.75, 3.05) is 6.54 Å². The number of aromatic nitrogens is 1. The fourth-order valence-corrected chi connectivity index (χ4v) is 4.99. The maximum atomic E-state index is 13.4. The van der Waals surface area contributed by atoms with E-state index < -0.39 is 12.1 Å². The van der Waals surface area contributed by atoms with E-state index in [1.54, 1.807) is 17.0 Å². The van der Waals surface area contributed by atoms with Crippen LogP contribution in [0.5, 0.6) is 0 Å². The summed E-state index contributed by atoms with van der Waals surface area (Å²) in [4.78, 5) is 33.2. The highest BCUT2D eigenvalue weighted by atomic mass is 35.5. The summed E-state index contributed by atoms with van der Waals surface area (Å²) in [7, 11) is 0. The lowest BCUT2D eigenvalue weighted by Crippen LogP contribution is -2.44. The normalized spacial score (nSPS) is 20.8. The molecule has 0 radical (unpaired) electrons. The Kier molecular flexibility index (Phi) is 4.75. The van der Waals surface area contributed by atoms with Crippen LogP contribution in [0.25, 0.3) is 10.9 Å². The van der Waals surface area contributed by atoms with E-state index in [1.165, 1.54) is 4.90 Å². The SMILES string of the molecule is CCCCN1C(=O)C2Cc3c([nH]c4ccccc34)C(c3ccc(Cl)c(Cl)c3)N2C1=O. The predicted molar refractivity (Wildman–Crippen MR) is 118 cm³/mol. The van der Waals surface area contributed by atoms with Crippen molar-refractivity contribution in [3.63, 3.8) is 0 Å². The maximum Gasteiger partial charge on any atom is 0.328 e. The largest absolute Gasteiger partial charge is 0.356 e. The Morgan fingerprint density at radius 2 is 1.90 bits per heavy atom. The first-order valence-corrected chi connectivity index (χ1v) is 10.9. The van der Waals surface area contributed by atoms with Crippen LogP contribution in [0.15, 0.2) is 42.5 Å². The van der Waals surface area contributed by atoms with E-state index in [1.807, 2.05) is 31.2 Å². The molecular formula is C23H21Cl2N3O2. The van der Waals surface area contributed by atoms with E-state index >= 15 is 0 Å². The average molecular weight is 442 g/mol. The molecule has 1 N–H and O–H groups in total. The minimum atomic E-state index is -0.513. The van der Waals surface area contributed by atoms with E-state index in [-0.39, 0.29) is 11.9 Å². The van der Waals surface area contributed by atoms with Crippen molar-refractivity contribution < 1.29 is 9.59 Å². The molecule has 5 nitrogen and oxygen atoms in total. The number of para-hydroxylation sites is 1. The first kappa shape index (κ1) is 19.5. The fourth-order valence-electron chi connectivity index (χ4n) is 4.68. The molecule has 3 aromatic rings. The standard InChI is InChI=1S/C23H21Cl2N3O2/c1-2-3-10-27-22(29)19-12-15-14-6-4-5-7-18(14)26-20(15)21(28(19)23(27)30)13-8-9-16(24)17(25)11-13/h4-9,11,19,21,26H,2-3,10,12H2,1H3. The van der Waals surface area contributed by atoms with Crippen LogP contribution in [0.4, 0.5) is 4.79 Å². The van der Waals surface area contributed by atoms with E-state index in [2.05, 4.69) is 11.1 Å². The van der Waals surface area contributed by atoms with Crippen LogP contribution in [0.3, 0.4) is 0 Å². The Morgan fingerprint density at radius 3 is 2.67 bits per heavy atom. The molecular weight excluding hydrogens is 421 g/mol. The second-order valence-electron chi connectivity index (χ2n) is 7.89. The Bertz CT molecular complexity index is 1170. The molecule has 2 aliphatic heterocycles. The van der Waals surface area contributed by atoms with E-state index in [9.17, 15) is 9.59 Å². The number of amides is 3. The second kappa shape index (κ2) is 7.33. The molecule has 2 unspecified atom stereocenters. The van der Waals surface area contributed by atoms with E-state index in [4.69, 9.17) is 23.2 Å². The summed E-state index contributed by atoms with van der Waals surface area (Å²) in [6.07, 6.45) is 2.22. The molecule has 30 heavy (non-hydrogen) atoms. The Labute approximate surface area is 184 Å². The summed E-state index contributed by atoms with van der Waals surface area (Å²) in [6, 6.07) is 12.3. The number of rotatable bonds is 4. The number of H-pyrrole nitrogens is 1. The Balaban J connectivity index is 1.69. The highest BCUT2D eigenvalue weighted by Crippen LogP contribution is 2.44. The number of benzene rings is 2. The minimum absolute atomic E-state index is 0.116. The van der Waals surface area contributed by atoms with Gasteiger partial charge in [0, 0.05) is 29.6 Å². The van der Waals surface area contributed by atoms with Crippen LogP contribution in [0, 0.1) is 0 Å². The number of carbonyl (C=O) groups excluding carboxylic acids is 2. The van der Waals surface area contributed by atoms with Crippen molar-refractivity contribution in [3.05, 3.63) is 69.3 Å². The lowest BCUT2D eigenvalue weighted by Gasteiger charge is -2.36. The minimum Gasteiger partial charge on any atom is -0.356 e. The molecule has 0 saturated carbocycles. The van der Waals surface area contributed by atoms with Gasteiger partial charge in [-0.25, -0.2) is 4.79 Å². The molecule has 154 valence electrons. The molecule has 0 aliphatic carbocycles. The number of nitrogens with one attached hydrogen (secondary N) is 1. The summed E-state index contributed by atoms with van der Waals surface area (Å²) in [6.45, 7) is 2.50. The third-order valence-corrected chi connectivity index (χ3v) is 6.87. The van der Waals surface area contributed by atoms with E-state index in [0.717, 1.165) is 40.6 Å². The van der Waals surface area contributed by atoms with Gasteiger partial charge in [0.05, 0.1) is 10.0 Å². The van der Waals surface area contributed by atoms with Crippen LogP contribution >= 0.6 is 23.2 Å².